The molecule has 2 unspecified atom stereocenters. The minimum atomic E-state index is -0.00706. The highest BCUT2D eigenvalue weighted by atomic mass is 79.9. The Morgan fingerprint density at radius 3 is 2.63 bits per heavy atom. The van der Waals surface area contributed by atoms with Gasteiger partial charge in [-0.1, -0.05) is 56.1 Å². The van der Waals surface area contributed by atoms with Crippen LogP contribution in [0.5, 0.6) is 5.75 Å². The van der Waals surface area contributed by atoms with Gasteiger partial charge in [0, 0.05) is 32.5 Å². The Kier molecular flexibility index (Phi) is 3.65. The maximum absolute atomic E-state index is 6.26. The van der Waals surface area contributed by atoms with Gasteiger partial charge in [0.05, 0.1) is 0 Å². The summed E-state index contributed by atoms with van der Waals surface area (Å²) in [5.41, 5.74) is 8.48. The van der Waals surface area contributed by atoms with Gasteiger partial charge in [0.15, 0.2) is 0 Å². The van der Waals surface area contributed by atoms with E-state index in [1.165, 1.54) is 0 Å². The zero-order valence-corrected chi connectivity index (χ0v) is 13.3. The average Bonchev–Trinajstić information content (AvgIpc) is 2.38. The van der Waals surface area contributed by atoms with Gasteiger partial charge >= 0.3 is 0 Å². The van der Waals surface area contributed by atoms with E-state index in [0.29, 0.717) is 0 Å². The molecule has 1 heterocycles. The topological polar surface area (TPSA) is 35.2 Å². The first-order chi connectivity index (χ1) is 9.15. The quantitative estimate of drug-likeness (QED) is 0.773. The van der Waals surface area contributed by atoms with Gasteiger partial charge in [-0.05, 0) is 18.2 Å². The molecule has 2 aromatic rings. The molecular weight excluding hydrogens is 370 g/mol. The van der Waals surface area contributed by atoms with E-state index >= 15 is 0 Å². The van der Waals surface area contributed by atoms with Crippen molar-refractivity contribution in [3.05, 3.63) is 62.5 Å². The molecule has 0 aliphatic carbocycles. The Morgan fingerprint density at radius 1 is 1.05 bits per heavy atom. The van der Waals surface area contributed by atoms with Crippen LogP contribution in [0, 0.1) is 0 Å². The third-order valence-corrected chi connectivity index (χ3v) is 4.58. The van der Waals surface area contributed by atoms with Crippen molar-refractivity contribution in [2.24, 2.45) is 5.73 Å². The van der Waals surface area contributed by atoms with E-state index < -0.39 is 0 Å². The van der Waals surface area contributed by atoms with Crippen LogP contribution in [0.15, 0.2) is 51.4 Å². The van der Waals surface area contributed by atoms with Gasteiger partial charge in [-0.2, -0.15) is 0 Å². The summed E-state index contributed by atoms with van der Waals surface area (Å²) < 4.78 is 8.18. The van der Waals surface area contributed by atoms with Crippen molar-refractivity contribution in [1.29, 1.82) is 0 Å². The van der Waals surface area contributed by atoms with E-state index in [-0.39, 0.29) is 12.1 Å². The Balaban J connectivity index is 1.99. The van der Waals surface area contributed by atoms with Crippen LogP contribution in [0.4, 0.5) is 0 Å². The summed E-state index contributed by atoms with van der Waals surface area (Å²) in [7, 11) is 0. The molecule has 19 heavy (non-hydrogen) atoms. The highest BCUT2D eigenvalue weighted by molar-refractivity contribution is 9.10. The third-order valence-electron chi connectivity index (χ3n) is 3.36. The molecule has 3 rings (SSSR count). The van der Waals surface area contributed by atoms with Gasteiger partial charge in [-0.15, -0.1) is 0 Å². The SMILES string of the molecule is NC1CC(c2ccccc2Br)Oc2cc(Br)ccc21. The predicted molar refractivity (Wildman–Crippen MR) is 83.2 cm³/mol. The molecule has 0 amide bonds. The largest absolute Gasteiger partial charge is 0.485 e. The number of hydrogen-bond acceptors (Lipinski definition) is 2. The molecule has 0 fully saturated rings. The van der Waals surface area contributed by atoms with Gasteiger partial charge in [-0.3, -0.25) is 0 Å². The summed E-state index contributed by atoms with van der Waals surface area (Å²) in [5.74, 6) is 0.869. The highest BCUT2D eigenvalue weighted by Crippen LogP contribution is 2.42. The molecule has 0 bridgehead atoms. The lowest BCUT2D eigenvalue weighted by Gasteiger charge is -2.31. The molecule has 4 heteroatoms. The van der Waals surface area contributed by atoms with Crippen molar-refractivity contribution >= 4 is 31.9 Å². The van der Waals surface area contributed by atoms with E-state index in [1.807, 2.05) is 36.4 Å². The molecule has 0 saturated heterocycles. The molecule has 98 valence electrons. The Morgan fingerprint density at radius 2 is 1.84 bits per heavy atom. The van der Waals surface area contributed by atoms with Crippen molar-refractivity contribution in [1.82, 2.24) is 0 Å². The normalized spacial score (nSPS) is 21.6. The van der Waals surface area contributed by atoms with Crippen molar-refractivity contribution in [2.75, 3.05) is 0 Å². The van der Waals surface area contributed by atoms with Crippen LogP contribution >= 0.6 is 31.9 Å². The van der Waals surface area contributed by atoms with E-state index in [1.54, 1.807) is 0 Å². The lowest BCUT2D eigenvalue weighted by atomic mass is 9.94. The number of rotatable bonds is 1. The monoisotopic (exact) mass is 381 g/mol. The predicted octanol–water partition coefficient (Wildman–Crippen LogP) is 4.74. The Hall–Kier alpha value is -0.840. The van der Waals surface area contributed by atoms with Crippen molar-refractivity contribution in [2.45, 2.75) is 18.6 Å². The zero-order chi connectivity index (χ0) is 13.4. The van der Waals surface area contributed by atoms with Gasteiger partial charge in [-0.25, -0.2) is 0 Å². The maximum atomic E-state index is 6.26. The summed E-state index contributed by atoms with van der Waals surface area (Å²) >= 11 is 7.05. The van der Waals surface area contributed by atoms with E-state index in [2.05, 4.69) is 37.9 Å². The molecular formula is C15H13Br2NO. The average molecular weight is 383 g/mol. The molecule has 0 aromatic heterocycles. The summed E-state index contributed by atoms with van der Waals surface area (Å²) in [5, 5.41) is 0. The van der Waals surface area contributed by atoms with Crippen LogP contribution in [0.25, 0.3) is 0 Å². The second kappa shape index (κ2) is 5.27. The number of nitrogens with two attached hydrogens (primary N) is 1. The molecule has 0 spiro atoms. The Labute approximate surface area is 129 Å². The molecule has 2 nitrogen and oxygen atoms in total. The lowest BCUT2D eigenvalue weighted by Crippen LogP contribution is -2.24. The molecule has 2 atom stereocenters. The second-order valence-electron chi connectivity index (χ2n) is 4.65. The lowest BCUT2D eigenvalue weighted by molar-refractivity contribution is 0.161. The smallest absolute Gasteiger partial charge is 0.127 e. The Bertz CT molecular complexity index is 615. The summed E-state index contributed by atoms with van der Waals surface area (Å²) in [6, 6.07) is 14.1. The summed E-state index contributed by atoms with van der Waals surface area (Å²) in [4.78, 5) is 0. The first-order valence-electron chi connectivity index (χ1n) is 6.11. The number of fused-ring (bicyclic) bond motifs is 1. The number of halogens is 2. The summed E-state index contributed by atoms with van der Waals surface area (Å²) in [6.07, 6.45) is 0.782. The molecule has 1 aliphatic heterocycles. The van der Waals surface area contributed by atoms with Gasteiger partial charge < -0.3 is 10.5 Å². The van der Waals surface area contributed by atoms with E-state index in [9.17, 15) is 0 Å². The second-order valence-corrected chi connectivity index (χ2v) is 6.42. The van der Waals surface area contributed by atoms with Crippen LogP contribution in [0.1, 0.15) is 29.7 Å². The highest BCUT2D eigenvalue weighted by Gasteiger charge is 2.28. The van der Waals surface area contributed by atoms with E-state index in [0.717, 1.165) is 32.2 Å². The van der Waals surface area contributed by atoms with Crippen LogP contribution in [-0.4, -0.2) is 0 Å². The van der Waals surface area contributed by atoms with Crippen molar-refractivity contribution in [3.8, 4) is 5.75 Å². The minimum Gasteiger partial charge on any atom is -0.485 e. The fourth-order valence-corrected chi connectivity index (χ4v) is 3.28. The first-order valence-corrected chi connectivity index (χ1v) is 7.70. The fourth-order valence-electron chi connectivity index (χ4n) is 2.40. The van der Waals surface area contributed by atoms with Gasteiger partial charge in [0.2, 0.25) is 0 Å². The van der Waals surface area contributed by atoms with Crippen molar-refractivity contribution in [3.63, 3.8) is 0 Å². The zero-order valence-electron chi connectivity index (χ0n) is 10.1. The van der Waals surface area contributed by atoms with Gasteiger partial charge in [0.1, 0.15) is 11.9 Å². The third kappa shape index (κ3) is 2.57. The number of benzene rings is 2. The van der Waals surface area contributed by atoms with Gasteiger partial charge in [0.25, 0.3) is 0 Å². The first kappa shape index (κ1) is 13.2. The molecule has 2 aromatic carbocycles. The van der Waals surface area contributed by atoms with Crippen molar-refractivity contribution < 1.29 is 4.74 Å². The number of hydrogen-bond donors (Lipinski definition) is 1. The minimum absolute atomic E-state index is 0.00706. The van der Waals surface area contributed by atoms with Crippen LogP contribution in [0.3, 0.4) is 0 Å². The maximum Gasteiger partial charge on any atom is 0.127 e. The van der Waals surface area contributed by atoms with Crippen LogP contribution in [0.2, 0.25) is 0 Å². The van der Waals surface area contributed by atoms with E-state index in [4.69, 9.17) is 10.5 Å². The molecule has 1 aliphatic rings. The number of ether oxygens (including phenoxy) is 1. The van der Waals surface area contributed by atoms with Crippen LogP contribution in [-0.2, 0) is 0 Å². The fraction of sp³-hybridized carbons (Fsp3) is 0.200. The molecule has 2 N–H and O–H groups in total. The molecule has 0 saturated carbocycles. The standard InChI is InChI=1S/C15H13Br2NO/c16-9-5-6-11-13(18)8-15(19-14(11)7-9)10-3-1-2-4-12(10)17/h1-7,13,15H,8,18H2. The summed E-state index contributed by atoms with van der Waals surface area (Å²) in [6.45, 7) is 0. The van der Waals surface area contributed by atoms with Crippen LogP contribution < -0.4 is 10.5 Å². The molecule has 0 radical (unpaired) electrons.